The Morgan fingerprint density at radius 3 is 2.55 bits per heavy atom. The van der Waals surface area contributed by atoms with E-state index in [-0.39, 0.29) is 23.3 Å². The van der Waals surface area contributed by atoms with Gasteiger partial charge in [-0.1, -0.05) is 44.9 Å². The lowest BCUT2D eigenvalue weighted by atomic mass is 9.81. The van der Waals surface area contributed by atoms with E-state index in [9.17, 15) is 9.59 Å². The Balaban J connectivity index is 1.86. The van der Waals surface area contributed by atoms with Crippen molar-refractivity contribution in [3.8, 4) is 0 Å². The molecule has 1 N–H and O–H groups in total. The SMILES string of the molecule is CC(C)OC(=O)C1=CN(C(=O)C2CCCC2)CC(C)(C)c2c1[nH]c1ccccc21. The summed E-state index contributed by atoms with van der Waals surface area (Å²) in [5.41, 5.74) is 2.94. The number of esters is 1. The Morgan fingerprint density at radius 1 is 1.17 bits per heavy atom. The van der Waals surface area contributed by atoms with Gasteiger partial charge in [-0.3, -0.25) is 4.79 Å². The molecule has 29 heavy (non-hydrogen) atoms. The minimum Gasteiger partial charge on any atom is -0.459 e. The summed E-state index contributed by atoms with van der Waals surface area (Å²) in [6.07, 6.45) is 5.57. The lowest BCUT2D eigenvalue weighted by Gasteiger charge is -2.31. The van der Waals surface area contributed by atoms with Gasteiger partial charge in [0.2, 0.25) is 5.91 Å². The first-order valence-electron chi connectivity index (χ1n) is 10.6. The zero-order chi connectivity index (χ0) is 20.8. The molecular weight excluding hydrogens is 364 g/mol. The number of carbonyl (C=O) groups excluding carboxylic acids is 2. The van der Waals surface area contributed by atoms with E-state index in [1.54, 1.807) is 11.1 Å². The molecule has 5 nitrogen and oxygen atoms in total. The number of fused-ring (bicyclic) bond motifs is 3. The van der Waals surface area contributed by atoms with Gasteiger partial charge in [0.25, 0.3) is 0 Å². The maximum atomic E-state index is 13.3. The summed E-state index contributed by atoms with van der Waals surface area (Å²) in [6.45, 7) is 8.51. The third-order valence-electron chi connectivity index (χ3n) is 6.05. The van der Waals surface area contributed by atoms with Gasteiger partial charge in [-0.15, -0.1) is 0 Å². The van der Waals surface area contributed by atoms with E-state index in [1.165, 1.54) is 0 Å². The monoisotopic (exact) mass is 394 g/mol. The van der Waals surface area contributed by atoms with Crippen molar-refractivity contribution in [2.75, 3.05) is 6.54 Å². The Morgan fingerprint density at radius 2 is 1.86 bits per heavy atom. The number of hydrogen-bond acceptors (Lipinski definition) is 3. The summed E-state index contributed by atoms with van der Waals surface area (Å²) >= 11 is 0. The smallest absolute Gasteiger partial charge is 0.342 e. The molecule has 2 aliphatic rings. The van der Waals surface area contributed by atoms with E-state index in [0.29, 0.717) is 12.1 Å². The van der Waals surface area contributed by atoms with Crippen LogP contribution in [0.15, 0.2) is 30.5 Å². The molecule has 1 fully saturated rings. The Hall–Kier alpha value is -2.56. The normalized spacial score (nSPS) is 19.2. The highest BCUT2D eigenvalue weighted by molar-refractivity contribution is 6.18. The first-order valence-corrected chi connectivity index (χ1v) is 10.6. The van der Waals surface area contributed by atoms with Crippen LogP contribution < -0.4 is 0 Å². The van der Waals surface area contributed by atoms with Crippen LogP contribution in [0.5, 0.6) is 0 Å². The van der Waals surface area contributed by atoms with Crippen LogP contribution >= 0.6 is 0 Å². The molecule has 0 unspecified atom stereocenters. The van der Waals surface area contributed by atoms with Crippen molar-refractivity contribution in [1.29, 1.82) is 0 Å². The summed E-state index contributed by atoms with van der Waals surface area (Å²) in [7, 11) is 0. The number of nitrogens with one attached hydrogen (secondary N) is 1. The van der Waals surface area contributed by atoms with Crippen LogP contribution in [0.1, 0.15) is 64.6 Å². The summed E-state index contributed by atoms with van der Waals surface area (Å²) in [6, 6.07) is 8.09. The van der Waals surface area contributed by atoms with Crippen LogP contribution in [0.3, 0.4) is 0 Å². The summed E-state index contributed by atoms with van der Waals surface area (Å²) in [4.78, 5) is 31.6. The number of amides is 1. The minimum absolute atomic E-state index is 0.0533. The Bertz CT molecular complexity index is 977. The molecule has 0 bridgehead atoms. The fourth-order valence-corrected chi connectivity index (χ4v) is 4.80. The second kappa shape index (κ2) is 7.36. The molecule has 1 amide bonds. The quantitative estimate of drug-likeness (QED) is 0.763. The summed E-state index contributed by atoms with van der Waals surface area (Å²) < 4.78 is 5.55. The predicted octanol–water partition coefficient (Wildman–Crippen LogP) is 4.77. The van der Waals surface area contributed by atoms with Crippen LogP contribution in [-0.4, -0.2) is 34.4 Å². The average Bonchev–Trinajstić information content (AvgIpc) is 3.29. The number of aromatic nitrogens is 1. The van der Waals surface area contributed by atoms with Gasteiger partial charge in [-0.05, 0) is 38.3 Å². The van der Waals surface area contributed by atoms with Gasteiger partial charge in [0.15, 0.2) is 0 Å². The molecule has 4 rings (SSSR count). The maximum Gasteiger partial charge on any atom is 0.342 e. The van der Waals surface area contributed by atoms with Crippen LogP contribution in [0.25, 0.3) is 16.5 Å². The molecule has 0 radical (unpaired) electrons. The number of carbonyl (C=O) groups is 2. The van der Waals surface area contributed by atoms with Gasteiger partial charge in [-0.2, -0.15) is 0 Å². The van der Waals surface area contributed by atoms with Crippen molar-refractivity contribution < 1.29 is 14.3 Å². The first kappa shape index (κ1) is 19.7. The van der Waals surface area contributed by atoms with Crippen molar-refractivity contribution >= 4 is 28.4 Å². The van der Waals surface area contributed by atoms with Gasteiger partial charge >= 0.3 is 5.97 Å². The average molecular weight is 395 g/mol. The van der Waals surface area contributed by atoms with E-state index < -0.39 is 5.97 Å². The Labute approximate surface area is 172 Å². The Kier molecular flexibility index (Phi) is 5.01. The second-order valence-electron chi connectivity index (χ2n) is 9.25. The number of ether oxygens (including phenoxy) is 1. The van der Waals surface area contributed by atoms with Gasteiger partial charge in [0.1, 0.15) is 0 Å². The topological polar surface area (TPSA) is 62.4 Å². The highest BCUT2D eigenvalue weighted by Gasteiger charge is 2.39. The fraction of sp³-hybridized carbons (Fsp3) is 0.500. The second-order valence-corrected chi connectivity index (χ2v) is 9.25. The van der Waals surface area contributed by atoms with E-state index in [4.69, 9.17) is 4.74 Å². The molecule has 1 aromatic heterocycles. The molecule has 0 spiro atoms. The van der Waals surface area contributed by atoms with E-state index in [1.807, 2.05) is 32.0 Å². The third-order valence-corrected chi connectivity index (χ3v) is 6.05. The number of hydrogen-bond donors (Lipinski definition) is 1. The van der Waals surface area contributed by atoms with Crippen LogP contribution in [-0.2, 0) is 19.7 Å². The number of H-pyrrole nitrogens is 1. The summed E-state index contributed by atoms with van der Waals surface area (Å²) in [5, 5.41) is 1.09. The number of nitrogens with zero attached hydrogens (tertiary/aromatic N) is 1. The van der Waals surface area contributed by atoms with Crippen molar-refractivity contribution in [1.82, 2.24) is 9.88 Å². The lowest BCUT2D eigenvalue weighted by Crippen LogP contribution is -2.39. The molecule has 1 aliphatic heterocycles. The molecule has 2 aromatic rings. The molecule has 5 heteroatoms. The molecule has 0 atom stereocenters. The predicted molar refractivity (Wildman–Crippen MR) is 114 cm³/mol. The van der Waals surface area contributed by atoms with E-state index in [2.05, 4.69) is 24.9 Å². The van der Waals surface area contributed by atoms with Crippen LogP contribution in [0.2, 0.25) is 0 Å². The maximum absolute atomic E-state index is 13.3. The minimum atomic E-state index is -0.394. The first-order chi connectivity index (χ1) is 13.8. The molecule has 1 saturated carbocycles. The van der Waals surface area contributed by atoms with E-state index >= 15 is 0 Å². The molecule has 2 heterocycles. The van der Waals surface area contributed by atoms with Crippen LogP contribution in [0, 0.1) is 5.92 Å². The van der Waals surface area contributed by atoms with Crippen LogP contribution in [0.4, 0.5) is 0 Å². The van der Waals surface area contributed by atoms with Crippen molar-refractivity contribution in [3.63, 3.8) is 0 Å². The fourth-order valence-electron chi connectivity index (χ4n) is 4.80. The van der Waals surface area contributed by atoms with Gasteiger partial charge in [0, 0.05) is 35.0 Å². The van der Waals surface area contributed by atoms with Gasteiger partial charge < -0.3 is 14.6 Å². The standard InChI is InChI=1S/C24H30N2O3/c1-15(2)29-23(28)18-13-26(22(27)16-9-5-6-10-16)14-24(3,4)20-17-11-7-8-12-19(17)25-21(18)20/h7-8,11-13,15-16,25H,5-6,9-10,14H2,1-4H3. The van der Waals surface area contributed by atoms with E-state index in [0.717, 1.165) is 47.8 Å². The third kappa shape index (κ3) is 3.59. The molecular formula is C24H30N2O3. The molecule has 1 aliphatic carbocycles. The molecule has 1 aromatic carbocycles. The zero-order valence-electron chi connectivity index (χ0n) is 17.7. The zero-order valence-corrected chi connectivity index (χ0v) is 17.7. The largest absolute Gasteiger partial charge is 0.459 e. The van der Waals surface area contributed by atoms with Gasteiger partial charge in [0.05, 0.1) is 17.4 Å². The summed E-state index contributed by atoms with van der Waals surface area (Å²) in [5.74, 6) is -0.216. The number of rotatable bonds is 3. The lowest BCUT2D eigenvalue weighted by molar-refractivity contribution is -0.140. The molecule has 154 valence electrons. The van der Waals surface area contributed by atoms with Crippen molar-refractivity contribution in [3.05, 3.63) is 41.7 Å². The number of benzene rings is 1. The molecule has 0 saturated heterocycles. The highest BCUT2D eigenvalue weighted by atomic mass is 16.5. The van der Waals surface area contributed by atoms with Gasteiger partial charge in [-0.25, -0.2) is 4.79 Å². The highest BCUT2D eigenvalue weighted by Crippen LogP contribution is 2.41. The number of aromatic amines is 1. The van der Waals surface area contributed by atoms with Crippen molar-refractivity contribution in [2.45, 2.75) is 64.9 Å². The van der Waals surface area contributed by atoms with Crippen molar-refractivity contribution in [2.24, 2.45) is 5.92 Å². The number of para-hydroxylation sites is 1.